The number of rotatable bonds is 2. The van der Waals surface area contributed by atoms with Crippen LogP contribution in [0.25, 0.3) is 10.9 Å². The molecule has 19 heavy (non-hydrogen) atoms. The lowest BCUT2D eigenvalue weighted by Crippen LogP contribution is -2.29. The number of likely N-dealkylation sites (tertiary alicyclic amines) is 1. The Morgan fingerprint density at radius 2 is 2.05 bits per heavy atom. The zero-order valence-corrected chi connectivity index (χ0v) is 11.0. The highest BCUT2D eigenvalue weighted by molar-refractivity contribution is 5.93. The van der Waals surface area contributed by atoms with E-state index in [1.807, 2.05) is 6.07 Å². The van der Waals surface area contributed by atoms with Crippen molar-refractivity contribution in [2.24, 2.45) is 0 Å². The molecule has 0 bridgehead atoms. The minimum absolute atomic E-state index is 0.260. The number of hydrogen-bond donors (Lipinski definition) is 2. The van der Waals surface area contributed by atoms with E-state index in [2.05, 4.69) is 29.1 Å². The highest BCUT2D eigenvalue weighted by Crippen LogP contribution is 2.29. The van der Waals surface area contributed by atoms with Crippen LogP contribution in [0.2, 0.25) is 0 Å². The predicted octanol–water partition coefficient (Wildman–Crippen LogP) is 2.68. The second kappa shape index (κ2) is 4.70. The summed E-state index contributed by atoms with van der Waals surface area (Å²) in [6.45, 7) is 2.27. The number of piperidine rings is 1. The Kier molecular flexibility index (Phi) is 3.03. The third-order valence-corrected chi connectivity index (χ3v) is 4.07. The van der Waals surface area contributed by atoms with Gasteiger partial charge in [0, 0.05) is 10.9 Å². The van der Waals surface area contributed by atoms with Crippen molar-refractivity contribution in [3.05, 3.63) is 35.5 Å². The molecule has 1 aliphatic rings. The van der Waals surface area contributed by atoms with Crippen LogP contribution in [0.4, 0.5) is 0 Å². The molecule has 1 fully saturated rings. The van der Waals surface area contributed by atoms with Crippen LogP contribution in [0.3, 0.4) is 0 Å². The Morgan fingerprint density at radius 3 is 2.74 bits per heavy atom. The summed E-state index contributed by atoms with van der Waals surface area (Å²) in [5.74, 6) is -0.305. The van der Waals surface area contributed by atoms with Crippen LogP contribution in [0.15, 0.2) is 24.3 Å². The molecule has 100 valence electrons. The molecule has 2 N–H and O–H groups in total. The van der Waals surface area contributed by atoms with E-state index < -0.39 is 5.97 Å². The van der Waals surface area contributed by atoms with Gasteiger partial charge in [0.25, 0.3) is 0 Å². The molecular weight excluding hydrogens is 240 g/mol. The number of carboxylic acid groups (broad SMARTS) is 1. The third-order valence-electron chi connectivity index (χ3n) is 4.07. The van der Waals surface area contributed by atoms with Gasteiger partial charge in [-0.1, -0.05) is 6.07 Å². The number of aromatic carboxylic acids is 1. The van der Waals surface area contributed by atoms with Crippen LogP contribution in [0.1, 0.15) is 34.8 Å². The van der Waals surface area contributed by atoms with Gasteiger partial charge in [0.05, 0.1) is 0 Å². The van der Waals surface area contributed by atoms with Crippen molar-refractivity contribution < 1.29 is 9.90 Å². The second-order valence-corrected chi connectivity index (χ2v) is 5.41. The van der Waals surface area contributed by atoms with Crippen molar-refractivity contribution in [3.63, 3.8) is 0 Å². The first-order valence-corrected chi connectivity index (χ1v) is 6.68. The minimum Gasteiger partial charge on any atom is -0.477 e. The number of benzene rings is 1. The summed E-state index contributed by atoms with van der Waals surface area (Å²) in [4.78, 5) is 16.2. The largest absolute Gasteiger partial charge is 0.477 e. The fraction of sp³-hybridized carbons (Fsp3) is 0.400. The number of carboxylic acids is 1. The van der Waals surface area contributed by atoms with Crippen molar-refractivity contribution in [3.8, 4) is 0 Å². The summed E-state index contributed by atoms with van der Waals surface area (Å²) in [7, 11) is 2.16. The molecule has 4 heteroatoms. The highest BCUT2D eigenvalue weighted by Gasteiger charge is 2.19. The SMILES string of the molecule is CN1CCC(c2ccc3[nH]c(C(=O)O)cc3c2)CC1. The molecule has 1 aliphatic heterocycles. The monoisotopic (exact) mass is 258 g/mol. The van der Waals surface area contributed by atoms with Gasteiger partial charge in [0.2, 0.25) is 0 Å². The summed E-state index contributed by atoms with van der Waals surface area (Å²) >= 11 is 0. The van der Waals surface area contributed by atoms with Crippen molar-refractivity contribution >= 4 is 16.9 Å². The Bertz CT molecular complexity index is 610. The number of H-pyrrole nitrogens is 1. The van der Waals surface area contributed by atoms with Crippen LogP contribution >= 0.6 is 0 Å². The van der Waals surface area contributed by atoms with Crippen LogP contribution < -0.4 is 0 Å². The van der Waals surface area contributed by atoms with Crippen LogP contribution in [0.5, 0.6) is 0 Å². The molecule has 0 spiro atoms. The standard InChI is InChI=1S/C15H18N2O2/c1-17-6-4-10(5-7-17)11-2-3-13-12(8-11)9-14(16-13)15(18)19/h2-3,8-10,16H,4-7H2,1H3,(H,18,19). The predicted molar refractivity (Wildman–Crippen MR) is 74.7 cm³/mol. The van der Waals surface area contributed by atoms with E-state index in [0.29, 0.717) is 5.92 Å². The normalized spacial score (nSPS) is 17.9. The minimum atomic E-state index is -0.906. The van der Waals surface area contributed by atoms with Gasteiger partial charge in [0.1, 0.15) is 5.69 Å². The Balaban J connectivity index is 1.90. The maximum absolute atomic E-state index is 11.0. The molecule has 1 aromatic heterocycles. The van der Waals surface area contributed by atoms with Crippen molar-refractivity contribution in [1.29, 1.82) is 0 Å². The van der Waals surface area contributed by atoms with Gasteiger partial charge in [-0.25, -0.2) is 4.79 Å². The Morgan fingerprint density at radius 1 is 1.32 bits per heavy atom. The fourth-order valence-electron chi connectivity index (χ4n) is 2.86. The summed E-state index contributed by atoms with van der Waals surface area (Å²) < 4.78 is 0. The number of nitrogens with one attached hydrogen (secondary N) is 1. The lowest BCUT2D eigenvalue weighted by molar-refractivity contribution is 0.0691. The van der Waals surface area contributed by atoms with E-state index >= 15 is 0 Å². The van der Waals surface area contributed by atoms with Gasteiger partial charge in [-0.15, -0.1) is 0 Å². The number of aromatic amines is 1. The molecule has 0 amide bonds. The maximum atomic E-state index is 11.0. The number of nitrogens with zero attached hydrogens (tertiary/aromatic N) is 1. The number of carbonyl (C=O) groups is 1. The average Bonchev–Trinajstić information content (AvgIpc) is 2.82. The van der Waals surface area contributed by atoms with Crippen molar-refractivity contribution in [2.75, 3.05) is 20.1 Å². The highest BCUT2D eigenvalue weighted by atomic mass is 16.4. The molecule has 0 saturated carbocycles. The smallest absolute Gasteiger partial charge is 0.352 e. The number of hydrogen-bond acceptors (Lipinski definition) is 2. The van der Waals surface area contributed by atoms with Gasteiger partial charge in [-0.05, 0) is 62.7 Å². The molecule has 3 rings (SSSR count). The summed E-state index contributed by atoms with van der Waals surface area (Å²) in [5.41, 5.74) is 2.49. The van der Waals surface area contributed by atoms with Crippen LogP contribution in [0, 0.1) is 0 Å². The van der Waals surface area contributed by atoms with E-state index in [9.17, 15) is 4.79 Å². The number of aromatic nitrogens is 1. The first kappa shape index (κ1) is 12.2. The summed E-state index contributed by atoms with van der Waals surface area (Å²) in [5, 5.41) is 9.99. The first-order valence-electron chi connectivity index (χ1n) is 6.68. The van der Waals surface area contributed by atoms with Gasteiger partial charge in [-0.2, -0.15) is 0 Å². The Hall–Kier alpha value is -1.81. The number of fused-ring (bicyclic) bond motifs is 1. The molecule has 1 saturated heterocycles. The van der Waals surface area contributed by atoms with Crippen LogP contribution in [-0.4, -0.2) is 41.1 Å². The molecule has 2 aromatic rings. The van der Waals surface area contributed by atoms with Crippen molar-refractivity contribution in [1.82, 2.24) is 9.88 Å². The molecule has 2 heterocycles. The Labute approximate surface area is 112 Å². The fourth-order valence-corrected chi connectivity index (χ4v) is 2.86. The van der Waals surface area contributed by atoms with E-state index in [-0.39, 0.29) is 5.69 Å². The molecule has 0 radical (unpaired) electrons. The zero-order chi connectivity index (χ0) is 13.4. The zero-order valence-electron chi connectivity index (χ0n) is 11.0. The lowest BCUT2D eigenvalue weighted by atomic mass is 9.89. The topological polar surface area (TPSA) is 56.3 Å². The molecule has 4 nitrogen and oxygen atoms in total. The van der Waals surface area contributed by atoms with Gasteiger partial charge in [0.15, 0.2) is 0 Å². The quantitative estimate of drug-likeness (QED) is 0.870. The third kappa shape index (κ3) is 2.36. The first-order chi connectivity index (χ1) is 9.13. The molecular formula is C15H18N2O2. The van der Waals surface area contributed by atoms with E-state index in [4.69, 9.17) is 5.11 Å². The molecule has 1 aromatic carbocycles. The molecule has 0 unspecified atom stereocenters. The van der Waals surface area contributed by atoms with Gasteiger partial charge in [-0.3, -0.25) is 0 Å². The average molecular weight is 258 g/mol. The van der Waals surface area contributed by atoms with Crippen LogP contribution in [-0.2, 0) is 0 Å². The maximum Gasteiger partial charge on any atom is 0.352 e. The second-order valence-electron chi connectivity index (χ2n) is 5.41. The van der Waals surface area contributed by atoms with Crippen molar-refractivity contribution in [2.45, 2.75) is 18.8 Å². The van der Waals surface area contributed by atoms with E-state index in [1.54, 1.807) is 6.07 Å². The van der Waals surface area contributed by atoms with E-state index in [1.165, 1.54) is 18.4 Å². The van der Waals surface area contributed by atoms with E-state index in [0.717, 1.165) is 24.0 Å². The molecule has 0 aliphatic carbocycles. The lowest BCUT2D eigenvalue weighted by Gasteiger charge is -2.29. The van der Waals surface area contributed by atoms with Gasteiger partial charge < -0.3 is 15.0 Å². The summed E-state index contributed by atoms with van der Waals surface area (Å²) in [6.07, 6.45) is 2.36. The molecule has 0 atom stereocenters. The summed E-state index contributed by atoms with van der Waals surface area (Å²) in [6, 6.07) is 7.97. The van der Waals surface area contributed by atoms with Gasteiger partial charge >= 0.3 is 5.97 Å².